The highest BCUT2D eigenvalue weighted by atomic mass is 16.2. The lowest BCUT2D eigenvalue weighted by molar-refractivity contribution is -0.132. The van der Waals surface area contributed by atoms with Crippen LogP contribution in [0.2, 0.25) is 0 Å². The second-order valence-electron chi connectivity index (χ2n) is 6.51. The van der Waals surface area contributed by atoms with Gasteiger partial charge in [0.2, 0.25) is 5.91 Å². The molecule has 1 aliphatic rings. The third-order valence-electron chi connectivity index (χ3n) is 4.86. The van der Waals surface area contributed by atoms with Crippen molar-refractivity contribution < 1.29 is 4.79 Å². The van der Waals surface area contributed by atoms with Crippen LogP contribution in [0.25, 0.3) is 10.9 Å². The molecule has 0 saturated heterocycles. The van der Waals surface area contributed by atoms with Gasteiger partial charge < -0.3 is 9.88 Å². The van der Waals surface area contributed by atoms with Crippen LogP contribution in [0.1, 0.15) is 29.3 Å². The Labute approximate surface area is 145 Å². The Bertz CT molecular complexity index is 1010. The van der Waals surface area contributed by atoms with Crippen molar-refractivity contribution in [1.82, 2.24) is 14.9 Å². The smallest absolute Gasteiger partial charge is 0.258 e. The fourth-order valence-corrected chi connectivity index (χ4v) is 3.59. The van der Waals surface area contributed by atoms with Crippen molar-refractivity contribution in [2.24, 2.45) is 0 Å². The maximum absolute atomic E-state index is 12.9. The molecular formula is C20H19N3O2. The minimum atomic E-state index is -0.173. The van der Waals surface area contributed by atoms with Gasteiger partial charge in [0.05, 0.1) is 23.4 Å². The highest BCUT2D eigenvalue weighted by Crippen LogP contribution is 2.34. The summed E-state index contributed by atoms with van der Waals surface area (Å²) in [7, 11) is 1.76. The molecule has 3 aromatic rings. The molecule has 4 rings (SSSR count). The van der Waals surface area contributed by atoms with Crippen molar-refractivity contribution in [3.63, 3.8) is 0 Å². The van der Waals surface area contributed by atoms with Gasteiger partial charge in [0.1, 0.15) is 5.82 Å². The summed E-state index contributed by atoms with van der Waals surface area (Å²) in [4.78, 5) is 34.0. The van der Waals surface area contributed by atoms with Crippen LogP contribution in [0, 0.1) is 0 Å². The maximum Gasteiger partial charge on any atom is 0.258 e. The Morgan fingerprint density at radius 3 is 2.84 bits per heavy atom. The number of carbonyl (C=O) groups is 1. The first kappa shape index (κ1) is 15.6. The van der Waals surface area contributed by atoms with Crippen LogP contribution in [-0.2, 0) is 17.8 Å². The molecule has 1 atom stereocenters. The Kier molecular flexibility index (Phi) is 3.84. The zero-order chi connectivity index (χ0) is 17.4. The van der Waals surface area contributed by atoms with Gasteiger partial charge in [-0.2, -0.15) is 0 Å². The van der Waals surface area contributed by atoms with Crippen molar-refractivity contribution in [2.75, 3.05) is 7.05 Å². The fourth-order valence-electron chi connectivity index (χ4n) is 3.59. The van der Waals surface area contributed by atoms with Crippen molar-refractivity contribution >= 4 is 16.8 Å². The number of amides is 1. The van der Waals surface area contributed by atoms with Crippen molar-refractivity contribution in [3.05, 3.63) is 75.8 Å². The highest BCUT2D eigenvalue weighted by Gasteiger charge is 2.30. The van der Waals surface area contributed by atoms with Crippen LogP contribution < -0.4 is 5.56 Å². The lowest BCUT2D eigenvalue weighted by Crippen LogP contribution is -2.32. The first-order chi connectivity index (χ1) is 12.1. The Balaban J connectivity index is 1.57. The number of hydrogen-bond donors (Lipinski definition) is 1. The summed E-state index contributed by atoms with van der Waals surface area (Å²) in [6, 6.07) is 15.3. The molecule has 1 aromatic heterocycles. The number of aromatic nitrogens is 2. The van der Waals surface area contributed by atoms with E-state index in [0.29, 0.717) is 16.7 Å². The number of rotatable bonds is 3. The zero-order valence-electron chi connectivity index (χ0n) is 14.0. The quantitative estimate of drug-likeness (QED) is 0.801. The minimum absolute atomic E-state index is 0.0701. The maximum atomic E-state index is 12.9. The summed E-state index contributed by atoms with van der Waals surface area (Å²) in [6.07, 6.45) is 1.77. The van der Waals surface area contributed by atoms with E-state index in [1.807, 2.05) is 36.4 Å². The molecule has 1 amide bonds. The number of nitrogens with zero attached hydrogens (tertiary/aromatic N) is 2. The number of para-hydroxylation sites is 1. The molecule has 5 heteroatoms. The number of hydrogen-bond acceptors (Lipinski definition) is 3. The van der Waals surface area contributed by atoms with E-state index >= 15 is 0 Å². The second kappa shape index (κ2) is 6.16. The van der Waals surface area contributed by atoms with E-state index in [1.54, 1.807) is 18.0 Å². The van der Waals surface area contributed by atoms with Gasteiger partial charge in [0.15, 0.2) is 0 Å². The molecule has 126 valence electrons. The summed E-state index contributed by atoms with van der Waals surface area (Å²) in [5.41, 5.74) is 2.85. The van der Waals surface area contributed by atoms with Gasteiger partial charge in [-0.25, -0.2) is 4.98 Å². The Hall–Kier alpha value is -2.95. The molecule has 1 N–H and O–H groups in total. The van der Waals surface area contributed by atoms with Crippen LogP contribution in [0.3, 0.4) is 0 Å². The lowest BCUT2D eigenvalue weighted by atomic mass is 10.00. The van der Waals surface area contributed by atoms with Gasteiger partial charge in [0.25, 0.3) is 5.56 Å². The fraction of sp³-hybridized carbons (Fsp3) is 0.250. The minimum Gasteiger partial charge on any atom is -0.338 e. The van der Waals surface area contributed by atoms with Crippen LogP contribution in [-0.4, -0.2) is 27.8 Å². The van der Waals surface area contributed by atoms with Crippen molar-refractivity contribution in [2.45, 2.75) is 25.3 Å². The van der Waals surface area contributed by atoms with E-state index in [1.165, 1.54) is 5.56 Å². The molecule has 0 bridgehead atoms. The largest absolute Gasteiger partial charge is 0.338 e. The van der Waals surface area contributed by atoms with E-state index in [-0.39, 0.29) is 23.9 Å². The van der Waals surface area contributed by atoms with Gasteiger partial charge in [-0.15, -0.1) is 0 Å². The lowest BCUT2D eigenvalue weighted by Gasteiger charge is -2.21. The second-order valence-corrected chi connectivity index (χ2v) is 6.51. The number of aromatic amines is 1. The van der Waals surface area contributed by atoms with Gasteiger partial charge in [-0.3, -0.25) is 9.59 Å². The predicted molar refractivity (Wildman–Crippen MR) is 96.3 cm³/mol. The average Bonchev–Trinajstić information content (AvgIpc) is 3.05. The predicted octanol–water partition coefficient (Wildman–Crippen LogP) is 2.61. The van der Waals surface area contributed by atoms with E-state index in [9.17, 15) is 9.59 Å². The van der Waals surface area contributed by atoms with E-state index in [4.69, 9.17) is 0 Å². The monoisotopic (exact) mass is 333 g/mol. The Morgan fingerprint density at radius 1 is 1.20 bits per heavy atom. The number of aryl methyl sites for hydroxylation is 1. The van der Waals surface area contributed by atoms with Gasteiger partial charge in [0, 0.05) is 7.05 Å². The first-order valence-electron chi connectivity index (χ1n) is 8.44. The molecule has 0 radical (unpaired) electrons. The van der Waals surface area contributed by atoms with Crippen molar-refractivity contribution in [1.29, 1.82) is 0 Å². The summed E-state index contributed by atoms with van der Waals surface area (Å²) in [6.45, 7) is 0.289. The third kappa shape index (κ3) is 2.82. The molecular weight excluding hydrogens is 314 g/mol. The zero-order valence-corrected chi connectivity index (χ0v) is 14.0. The van der Waals surface area contributed by atoms with Crippen LogP contribution >= 0.6 is 0 Å². The summed E-state index contributed by atoms with van der Waals surface area (Å²) in [5, 5.41) is 0.560. The molecule has 0 fully saturated rings. The van der Waals surface area contributed by atoms with Crippen LogP contribution in [0.5, 0.6) is 0 Å². The first-order valence-corrected chi connectivity index (χ1v) is 8.44. The number of benzene rings is 2. The SMILES string of the molecule is CN(Cc1nc2ccccc2c(=O)[nH]1)C(=O)C1CCc2ccccc21. The van der Waals surface area contributed by atoms with Gasteiger partial charge in [-0.05, 0) is 36.1 Å². The molecule has 1 heterocycles. The van der Waals surface area contributed by atoms with Crippen LogP contribution in [0.15, 0.2) is 53.3 Å². The standard InChI is InChI=1S/C20H19N3O2/c1-23(20(25)15-11-10-13-6-2-3-7-14(13)15)12-18-21-17-9-5-4-8-16(17)19(24)22-18/h2-9,15H,10-12H2,1H3,(H,21,22,24). The van der Waals surface area contributed by atoms with E-state index in [2.05, 4.69) is 16.0 Å². The van der Waals surface area contributed by atoms with Gasteiger partial charge in [-0.1, -0.05) is 36.4 Å². The van der Waals surface area contributed by atoms with Gasteiger partial charge >= 0.3 is 0 Å². The molecule has 2 aromatic carbocycles. The summed E-state index contributed by atoms with van der Waals surface area (Å²) >= 11 is 0. The molecule has 25 heavy (non-hydrogen) atoms. The molecule has 0 saturated carbocycles. The average molecular weight is 333 g/mol. The molecule has 1 unspecified atom stereocenters. The molecule has 5 nitrogen and oxygen atoms in total. The number of carbonyl (C=O) groups excluding carboxylic acids is 1. The normalized spacial score (nSPS) is 16.0. The summed E-state index contributed by atoms with van der Waals surface area (Å²) in [5.74, 6) is 0.472. The number of H-pyrrole nitrogens is 1. The van der Waals surface area contributed by atoms with Crippen LogP contribution in [0.4, 0.5) is 0 Å². The number of fused-ring (bicyclic) bond motifs is 2. The molecule has 0 spiro atoms. The van der Waals surface area contributed by atoms with Crippen molar-refractivity contribution in [3.8, 4) is 0 Å². The molecule has 1 aliphatic carbocycles. The Morgan fingerprint density at radius 2 is 1.96 bits per heavy atom. The van der Waals surface area contributed by atoms with E-state index < -0.39 is 0 Å². The summed E-state index contributed by atoms with van der Waals surface area (Å²) < 4.78 is 0. The number of likely N-dealkylation sites (N-methyl/N-ethyl adjacent to an activating group) is 1. The third-order valence-corrected chi connectivity index (χ3v) is 4.86. The topological polar surface area (TPSA) is 66.1 Å². The molecule has 0 aliphatic heterocycles. The van der Waals surface area contributed by atoms with E-state index in [0.717, 1.165) is 18.4 Å². The number of nitrogens with one attached hydrogen (secondary N) is 1. The highest BCUT2D eigenvalue weighted by molar-refractivity contribution is 5.85.